The van der Waals surface area contributed by atoms with Crippen LogP contribution in [0.1, 0.15) is 16.6 Å². The van der Waals surface area contributed by atoms with E-state index in [9.17, 15) is 9.59 Å². The molecular weight excluding hydrogens is 376 g/mol. The first kappa shape index (κ1) is 18.1. The average molecular weight is 394 g/mol. The van der Waals surface area contributed by atoms with Crippen LogP contribution >= 0.6 is 11.3 Å². The summed E-state index contributed by atoms with van der Waals surface area (Å²) < 4.78 is 11.6. The Kier molecular flexibility index (Phi) is 4.99. The van der Waals surface area contributed by atoms with Crippen molar-refractivity contribution >= 4 is 34.5 Å². The Morgan fingerprint density at radius 1 is 0.893 bits per heavy atom. The second kappa shape index (κ2) is 7.74. The van der Waals surface area contributed by atoms with Gasteiger partial charge in [-0.05, 0) is 48.7 Å². The summed E-state index contributed by atoms with van der Waals surface area (Å²) in [5.41, 5.74) is 1.15. The van der Waals surface area contributed by atoms with Gasteiger partial charge in [-0.25, -0.2) is 0 Å². The lowest BCUT2D eigenvalue weighted by Crippen LogP contribution is -2.46. The summed E-state index contributed by atoms with van der Waals surface area (Å²) >= 11 is 1.37. The number of ether oxygens (including phenoxy) is 2. The molecule has 0 bridgehead atoms. The van der Waals surface area contributed by atoms with Crippen LogP contribution in [0.3, 0.4) is 0 Å². The van der Waals surface area contributed by atoms with Gasteiger partial charge in [0.1, 0.15) is 6.10 Å². The summed E-state index contributed by atoms with van der Waals surface area (Å²) in [4.78, 5) is 25.5. The highest BCUT2D eigenvalue weighted by Gasteiger charge is 2.34. The van der Waals surface area contributed by atoms with Gasteiger partial charge in [-0.3, -0.25) is 9.59 Å². The van der Waals surface area contributed by atoms with E-state index < -0.39 is 12.2 Å². The van der Waals surface area contributed by atoms with Gasteiger partial charge in [-0.1, -0.05) is 24.3 Å². The molecule has 7 heteroatoms. The molecule has 2 amide bonds. The highest BCUT2D eigenvalue weighted by molar-refractivity contribution is 7.12. The van der Waals surface area contributed by atoms with Crippen molar-refractivity contribution in [3.8, 4) is 11.5 Å². The quantitative estimate of drug-likeness (QED) is 0.696. The normalized spacial score (nSPS) is 17.6. The highest BCUT2D eigenvalue weighted by Crippen LogP contribution is 2.33. The lowest BCUT2D eigenvalue weighted by Gasteiger charge is -2.31. The van der Waals surface area contributed by atoms with Crippen molar-refractivity contribution in [3.63, 3.8) is 0 Å². The molecule has 0 unspecified atom stereocenters. The number of hydrogen-bond donors (Lipinski definition) is 2. The standard InChI is InChI=1S/C21H18N2O4S/c1-13-19(27-17-9-3-2-8-16(17)26-13)21(25)23-15-7-4-6-14(12-15)22-20(24)18-10-5-11-28-18/h2-13,19H,1H3,(H,22,24)(H,23,25)/t13-,19-/m0/s1. The van der Waals surface area contributed by atoms with Gasteiger partial charge in [0.25, 0.3) is 11.8 Å². The first-order valence-electron chi connectivity index (χ1n) is 8.78. The predicted octanol–water partition coefficient (Wildman–Crippen LogP) is 4.17. The third-order valence-electron chi connectivity index (χ3n) is 4.23. The number of rotatable bonds is 4. The third-order valence-corrected chi connectivity index (χ3v) is 5.10. The third kappa shape index (κ3) is 3.84. The molecule has 2 N–H and O–H groups in total. The number of nitrogens with one attached hydrogen (secondary N) is 2. The van der Waals surface area contributed by atoms with Crippen molar-refractivity contribution in [2.45, 2.75) is 19.1 Å². The maximum absolute atomic E-state index is 12.7. The molecule has 1 aliphatic heterocycles. The molecule has 0 spiro atoms. The van der Waals surface area contributed by atoms with Gasteiger partial charge in [-0.15, -0.1) is 11.3 Å². The number of carbonyl (C=O) groups excluding carboxylic acids is 2. The molecule has 0 saturated carbocycles. The van der Waals surface area contributed by atoms with Crippen LogP contribution in [0.2, 0.25) is 0 Å². The van der Waals surface area contributed by atoms with E-state index in [-0.39, 0.29) is 11.8 Å². The van der Waals surface area contributed by atoms with Crippen molar-refractivity contribution in [2.24, 2.45) is 0 Å². The fourth-order valence-corrected chi connectivity index (χ4v) is 3.51. The van der Waals surface area contributed by atoms with Gasteiger partial charge in [0.2, 0.25) is 6.10 Å². The first-order chi connectivity index (χ1) is 13.6. The summed E-state index contributed by atoms with van der Waals surface area (Å²) in [5, 5.41) is 7.50. The SMILES string of the molecule is C[C@@H]1Oc2ccccc2O[C@@H]1C(=O)Nc1cccc(NC(=O)c2cccs2)c1. The van der Waals surface area contributed by atoms with Gasteiger partial charge in [-0.2, -0.15) is 0 Å². The van der Waals surface area contributed by atoms with Crippen LogP contribution in [0.5, 0.6) is 11.5 Å². The molecule has 0 saturated heterocycles. The van der Waals surface area contributed by atoms with Crippen LogP contribution in [0.25, 0.3) is 0 Å². The van der Waals surface area contributed by atoms with Crippen molar-refractivity contribution in [2.75, 3.05) is 10.6 Å². The Morgan fingerprint density at radius 2 is 1.61 bits per heavy atom. The molecule has 0 radical (unpaired) electrons. The molecule has 3 aromatic rings. The maximum Gasteiger partial charge on any atom is 0.269 e. The number of thiophene rings is 1. The van der Waals surface area contributed by atoms with E-state index in [2.05, 4.69) is 10.6 Å². The number of carbonyl (C=O) groups is 2. The zero-order valence-corrected chi connectivity index (χ0v) is 15.9. The molecule has 6 nitrogen and oxygen atoms in total. The largest absolute Gasteiger partial charge is 0.482 e. The van der Waals surface area contributed by atoms with Gasteiger partial charge < -0.3 is 20.1 Å². The molecule has 0 fully saturated rings. The molecule has 1 aromatic heterocycles. The van der Waals surface area contributed by atoms with Crippen molar-refractivity contribution in [1.29, 1.82) is 0 Å². The van der Waals surface area contributed by atoms with E-state index in [1.54, 1.807) is 49.4 Å². The number of amides is 2. The molecule has 0 aliphatic carbocycles. The van der Waals surface area contributed by atoms with Crippen molar-refractivity contribution in [1.82, 2.24) is 0 Å². The van der Waals surface area contributed by atoms with Crippen LogP contribution in [-0.4, -0.2) is 24.0 Å². The Labute approximate surface area is 166 Å². The molecule has 2 aromatic carbocycles. The van der Waals surface area contributed by atoms with Crippen LogP contribution < -0.4 is 20.1 Å². The fourth-order valence-electron chi connectivity index (χ4n) is 2.89. The molecule has 4 rings (SSSR count). The molecule has 28 heavy (non-hydrogen) atoms. The zero-order chi connectivity index (χ0) is 19.5. The minimum atomic E-state index is -0.778. The van der Waals surface area contributed by atoms with E-state index in [4.69, 9.17) is 9.47 Å². The zero-order valence-electron chi connectivity index (χ0n) is 15.0. The Bertz CT molecular complexity index is 1000. The van der Waals surface area contributed by atoms with Gasteiger partial charge in [0.15, 0.2) is 11.5 Å². The fraction of sp³-hybridized carbons (Fsp3) is 0.143. The van der Waals surface area contributed by atoms with Gasteiger partial charge in [0.05, 0.1) is 4.88 Å². The number of hydrogen-bond acceptors (Lipinski definition) is 5. The van der Waals surface area contributed by atoms with E-state index in [0.717, 1.165) is 0 Å². The van der Waals surface area contributed by atoms with Crippen molar-refractivity contribution < 1.29 is 19.1 Å². The summed E-state index contributed by atoms with van der Waals surface area (Å²) in [6, 6.07) is 17.8. The lowest BCUT2D eigenvalue weighted by atomic mass is 10.1. The van der Waals surface area contributed by atoms with E-state index in [0.29, 0.717) is 27.8 Å². The molecule has 2 atom stereocenters. The van der Waals surface area contributed by atoms with E-state index in [1.165, 1.54) is 11.3 Å². The minimum Gasteiger partial charge on any atom is -0.482 e. The Balaban J connectivity index is 1.44. The number of benzene rings is 2. The molecule has 2 heterocycles. The molecule has 142 valence electrons. The topological polar surface area (TPSA) is 76.7 Å². The van der Waals surface area contributed by atoms with Crippen LogP contribution in [0.4, 0.5) is 11.4 Å². The second-order valence-corrected chi connectivity index (χ2v) is 7.26. The maximum atomic E-state index is 12.7. The first-order valence-corrected chi connectivity index (χ1v) is 9.66. The van der Waals surface area contributed by atoms with Crippen LogP contribution in [0, 0.1) is 0 Å². The van der Waals surface area contributed by atoms with Gasteiger partial charge >= 0.3 is 0 Å². The molecular formula is C21H18N2O4S. The van der Waals surface area contributed by atoms with Gasteiger partial charge in [0, 0.05) is 11.4 Å². The highest BCUT2D eigenvalue weighted by atomic mass is 32.1. The number of anilines is 2. The summed E-state index contributed by atoms with van der Waals surface area (Å²) in [7, 11) is 0. The Hall–Kier alpha value is -3.32. The minimum absolute atomic E-state index is 0.187. The smallest absolute Gasteiger partial charge is 0.269 e. The van der Waals surface area contributed by atoms with E-state index >= 15 is 0 Å². The Morgan fingerprint density at radius 3 is 2.32 bits per heavy atom. The summed E-state index contributed by atoms with van der Waals surface area (Å²) in [6.45, 7) is 1.79. The number of para-hydroxylation sites is 2. The van der Waals surface area contributed by atoms with E-state index in [1.807, 2.05) is 23.6 Å². The number of fused-ring (bicyclic) bond motifs is 1. The van der Waals surface area contributed by atoms with Crippen molar-refractivity contribution in [3.05, 3.63) is 70.9 Å². The lowest BCUT2D eigenvalue weighted by molar-refractivity contribution is -0.128. The second-order valence-electron chi connectivity index (χ2n) is 6.31. The predicted molar refractivity (Wildman–Crippen MR) is 108 cm³/mol. The van der Waals surface area contributed by atoms with Crippen LogP contribution in [-0.2, 0) is 4.79 Å². The summed E-state index contributed by atoms with van der Waals surface area (Å²) in [6.07, 6.45) is -1.21. The molecule has 1 aliphatic rings. The average Bonchev–Trinajstić information content (AvgIpc) is 3.22. The monoisotopic (exact) mass is 394 g/mol. The van der Waals surface area contributed by atoms with Crippen LogP contribution in [0.15, 0.2) is 66.0 Å². The summed E-state index contributed by atoms with van der Waals surface area (Å²) in [5.74, 6) is 0.659.